The van der Waals surface area contributed by atoms with Gasteiger partial charge in [-0.25, -0.2) is 22.8 Å². The van der Waals surface area contributed by atoms with Gasteiger partial charge >= 0.3 is 18.2 Å². The lowest BCUT2D eigenvalue weighted by Crippen LogP contribution is -2.57. The van der Waals surface area contributed by atoms with Crippen LogP contribution in [0.4, 0.5) is 9.59 Å². The van der Waals surface area contributed by atoms with E-state index in [1.54, 1.807) is 39.0 Å². The van der Waals surface area contributed by atoms with E-state index >= 15 is 0 Å². The highest BCUT2D eigenvalue weighted by Crippen LogP contribution is 2.58. The smallest absolute Gasteiger partial charge is 0.410 e. The predicted molar refractivity (Wildman–Crippen MR) is 193 cm³/mol. The van der Waals surface area contributed by atoms with Crippen LogP contribution in [0, 0.1) is 16.7 Å². The molecule has 296 valence electrons. The van der Waals surface area contributed by atoms with Gasteiger partial charge in [0.05, 0.1) is 42.0 Å². The Hall–Kier alpha value is -4.21. The Morgan fingerprint density at radius 1 is 0.981 bits per heavy atom. The molecule has 6 rings (SSSR count). The molecule has 16 heteroatoms. The molecule has 0 radical (unpaired) electrons. The Morgan fingerprint density at radius 3 is 2.31 bits per heavy atom. The molecule has 3 heterocycles. The van der Waals surface area contributed by atoms with E-state index in [1.165, 1.54) is 9.80 Å². The summed E-state index contributed by atoms with van der Waals surface area (Å²) in [6.45, 7) is 7.80. The van der Waals surface area contributed by atoms with Gasteiger partial charge in [-0.1, -0.05) is 40.2 Å². The van der Waals surface area contributed by atoms with Gasteiger partial charge in [0.2, 0.25) is 21.8 Å². The summed E-state index contributed by atoms with van der Waals surface area (Å²) in [6, 6.07) is 2.92. The third-order valence-electron chi connectivity index (χ3n) is 11.4. The number of hydrogen-bond donors (Lipinski definition) is 2. The van der Waals surface area contributed by atoms with E-state index in [1.807, 2.05) is 6.92 Å². The molecular weight excluding hydrogens is 721 g/mol. The van der Waals surface area contributed by atoms with Crippen LogP contribution in [0.25, 0.3) is 0 Å². The predicted octanol–water partition coefficient (Wildman–Crippen LogP) is 3.96. The van der Waals surface area contributed by atoms with Gasteiger partial charge in [-0.15, -0.1) is 0 Å². The van der Waals surface area contributed by atoms with Gasteiger partial charge in [0.15, 0.2) is 5.78 Å². The molecule has 3 fully saturated rings. The SMILES string of the molecule is CC[C@H]1C[C@@]1(CC(=O)C1C[C@@H]2CN1C(=O)[C@H](C(C)(C)C)NC(=O)OCCCCCCOC(=O)c1ccc3c(c1)CN(C3)C(=O)O2)C(=O)NS(=O)(=O)C1CC1. The monoisotopic (exact) mass is 772 g/mol. The van der Waals surface area contributed by atoms with Gasteiger partial charge in [0.1, 0.15) is 12.1 Å². The number of alkyl carbamates (subject to hydrolysis) is 1. The number of cyclic esters (lactones) is 2. The van der Waals surface area contributed by atoms with Crippen LogP contribution >= 0.6 is 0 Å². The van der Waals surface area contributed by atoms with Crippen LogP contribution in [0.2, 0.25) is 0 Å². The minimum absolute atomic E-state index is 0.0523. The Labute approximate surface area is 316 Å². The molecule has 2 N–H and O–H groups in total. The first-order valence-corrected chi connectivity index (χ1v) is 20.6. The fourth-order valence-corrected chi connectivity index (χ4v) is 9.24. The van der Waals surface area contributed by atoms with E-state index in [9.17, 15) is 37.2 Å². The third kappa shape index (κ3) is 8.68. The maximum atomic E-state index is 14.5. The molecule has 5 aliphatic rings. The first kappa shape index (κ1) is 39.5. The van der Waals surface area contributed by atoms with Crippen molar-refractivity contribution in [2.24, 2.45) is 16.7 Å². The van der Waals surface area contributed by atoms with Gasteiger partial charge in [-0.05, 0) is 79.5 Å². The van der Waals surface area contributed by atoms with E-state index < -0.39 is 80.0 Å². The summed E-state index contributed by atoms with van der Waals surface area (Å²) in [5, 5.41) is 2.08. The number of ketones is 1. The topological polar surface area (TPSA) is 195 Å². The third-order valence-corrected chi connectivity index (χ3v) is 13.2. The maximum Gasteiger partial charge on any atom is 0.410 e. The zero-order valence-corrected chi connectivity index (χ0v) is 32.3. The number of hydrogen-bond acceptors (Lipinski definition) is 11. The molecule has 3 aliphatic heterocycles. The molecule has 1 aromatic carbocycles. The molecule has 5 atom stereocenters. The molecule has 2 saturated carbocycles. The number of carbonyl (C=O) groups excluding carboxylic acids is 6. The number of Topliss-reactive ketones (excluding diaryl/α,β-unsaturated/α-hetero) is 1. The number of nitrogens with one attached hydrogen (secondary N) is 2. The van der Waals surface area contributed by atoms with Gasteiger partial charge in [0, 0.05) is 25.9 Å². The molecule has 0 aromatic heterocycles. The Balaban J connectivity index is 1.25. The molecule has 5 bridgehead atoms. The number of sulfonamides is 1. The number of carbonyl (C=O) groups is 6. The molecule has 4 amide bonds. The fourth-order valence-electron chi connectivity index (χ4n) is 7.86. The number of nitrogens with zero attached hydrogens (tertiary/aromatic N) is 2. The van der Waals surface area contributed by atoms with Gasteiger partial charge < -0.3 is 24.4 Å². The van der Waals surface area contributed by atoms with E-state index in [-0.39, 0.29) is 51.6 Å². The highest BCUT2D eigenvalue weighted by atomic mass is 32.2. The fraction of sp³-hybridized carbons (Fsp3) is 0.684. The first-order valence-electron chi connectivity index (χ1n) is 19.1. The van der Waals surface area contributed by atoms with Crippen LogP contribution in [-0.4, -0.2) is 97.2 Å². The molecular formula is C38H52N4O11S. The molecule has 1 aromatic rings. The van der Waals surface area contributed by atoms with Crippen LogP contribution in [-0.2, 0) is 51.7 Å². The molecule has 1 unspecified atom stereocenters. The van der Waals surface area contributed by atoms with Gasteiger partial charge in [-0.3, -0.25) is 24.0 Å². The van der Waals surface area contributed by atoms with Crippen LogP contribution in [0.1, 0.15) is 113 Å². The minimum atomic E-state index is -3.86. The summed E-state index contributed by atoms with van der Waals surface area (Å²) >= 11 is 0. The Kier molecular flexibility index (Phi) is 11.3. The molecule has 54 heavy (non-hydrogen) atoms. The average molecular weight is 773 g/mol. The lowest BCUT2D eigenvalue weighted by Gasteiger charge is -2.35. The van der Waals surface area contributed by atoms with E-state index in [0.29, 0.717) is 44.1 Å². The first-order chi connectivity index (χ1) is 25.5. The quantitative estimate of drug-likeness (QED) is 0.301. The number of ether oxygens (including phenoxy) is 3. The van der Waals surface area contributed by atoms with Crippen molar-refractivity contribution in [2.45, 2.75) is 128 Å². The van der Waals surface area contributed by atoms with E-state index in [2.05, 4.69) is 10.0 Å². The zero-order chi connectivity index (χ0) is 39.0. The van der Waals surface area contributed by atoms with Crippen molar-refractivity contribution < 1.29 is 51.4 Å². The lowest BCUT2D eigenvalue weighted by atomic mass is 9.85. The minimum Gasteiger partial charge on any atom is -0.462 e. The van der Waals surface area contributed by atoms with Crippen LogP contribution in [0.3, 0.4) is 0 Å². The van der Waals surface area contributed by atoms with Gasteiger partial charge in [-0.2, -0.15) is 0 Å². The summed E-state index contributed by atoms with van der Waals surface area (Å²) < 4.78 is 44.5. The highest BCUT2D eigenvalue weighted by molar-refractivity contribution is 7.90. The van der Waals surface area contributed by atoms with Crippen LogP contribution in [0.15, 0.2) is 18.2 Å². The number of esters is 1. The molecule has 2 aliphatic carbocycles. The second-order valence-corrected chi connectivity index (χ2v) is 18.5. The van der Waals surface area contributed by atoms with Crippen molar-refractivity contribution in [1.29, 1.82) is 0 Å². The summed E-state index contributed by atoms with van der Waals surface area (Å²) in [4.78, 5) is 84.4. The Morgan fingerprint density at radius 2 is 1.67 bits per heavy atom. The molecule has 1 saturated heterocycles. The van der Waals surface area contributed by atoms with Crippen molar-refractivity contribution in [2.75, 3.05) is 19.8 Å². The van der Waals surface area contributed by atoms with Gasteiger partial charge in [0.25, 0.3) is 0 Å². The highest BCUT2D eigenvalue weighted by Gasteiger charge is 2.62. The number of fused-ring (bicyclic) bond motifs is 4. The summed E-state index contributed by atoms with van der Waals surface area (Å²) in [5.41, 5.74) is -0.0660. The van der Waals surface area contributed by atoms with Crippen molar-refractivity contribution in [1.82, 2.24) is 19.8 Å². The van der Waals surface area contributed by atoms with Crippen LogP contribution < -0.4 is 10.0 Å². The number of benzene rings is 1. The van der Waals surface area contributed by atoms with Crippen molar-refractivity contribution in [3.05, 3.63) is 34.9 Å². The summed E-state index contributed by atoms with van der Waals surface area (Å²) in [7, 11) is -3.86. The molecule has 0 spiro atoms. The van der Waals surface area contributed by atoms with E-state index in [4.69, 9.17) is 14.2 Å². The largest absolute Gasteiger partial charge is 0.462 e. The number of rotatable bonds is 7. The summed E-state index contributed by atoms with van der Waals surface area (Å²) in [6.07, 6.45) is 1.76. The maximum absolute atomic E-state index is 14.5. The second-order valence-electron chi connectivity index (χ2n) is 16.5. The standard InChI is InChI=1S/C38H52N4O11S/c1-5-26-18-38(26,34(46)40-54(49,50)28-12-13-28)19-30(43)29-17-27-22-42(29)32(44)31(37(2,3)4)39-35(47)52-15-9-7-6-8-14-51-33(45)23-10-11-24-20-41(36(48)53-27)21-25(24)16-23/h10-11,16,26-29,31H,5-9,12-15,17-22H2,1-4H3,(H,39,47)(H,40,46)/t26-,27+,29?,31+,38-/m0/s1. The van der Waals surface area contributed by atoms with Crippen molar-refractivity contribution in [3.8, 4) is 0 Å². The van der Waals surface area contributed by atoms with Crippen molar-refractivity contribution >= 4 is 45.8 Å². The summed E-state index contributed by atoms with van der Waals surface area (Å²) in [5.74, 6) is -2.42. The normalized spacial score (nSPS) is 28.5. The van der Waals surface area contributed by atoms with E-state index in [0.717, 1.165) is 24.0 Å². The number of amides is 4. The van der Waals surface area contributed by atoms with Crippen molar-refractivity contribution in [3.63, 3.8) is 0 Å². The zero-order valence-electron chi connectivity index (χ0n) is 31.5. The van der Waals surface area contributed by atoms with Crippen LogP contribution in [0.5, 0.6) is 0 Å². The molecule has 15 nitrogen and oxygen atoms in total. The average Bonchev–Trinajstić information content (AvgIpc) is 4.01. The Bertz CT molecular complexity index is 1790. The second kappa shape index (κ2) is 15.5. The lowest BCUT2D eigenvalue weighted by molar-refractivity contribution is -0.142.